The molecule has 1 aliphatic carbocycles. The predicted octanol–water partition coefficient (Wildman–Crippen LogP) is 4.20. The standard InChI is InChI=1S/C19H15BrO5/c1-4-25-19(24)13-12-7-10(20)5-6-11(12)18(23)15-14(13)16(21)8(2)9(3)17(15)22/h5-7,23H,4H2,1-3H3. The molecule has 0 spiro atoms. The van der Waals surface area contributed by atoms with E-state index in [0.29, 0.717) is 15.2 Å². The van der Waals surface area contributed by atoms with Gasteiger partial charge in [-0.05, 0) is 39.0 Å². The van der Waals surface area contributed by atoms with Gasteiger partial charge in [-0.2, -0.15) is 0 Å². The summed E-state index contributed by atoms with van der Waals surface area (Å²) in [5.74, 6) is -1.90. The third-order valence-corrected chi connectivity index (χ3v) is 4.91. The van der Waals surface area contributed by atoms with E-state index in [9.17, 15) is 19.5 Å². The lowest BCUT2D eigenvalue weighted by Gasteiger charge is -2.22. The SMILES string of the molecule is CCOC(=O)c1c2c(c(O)c3ccc(Br)cc13)C(=O)C(C)=C(C)C2=O. The van der Waals surface area contributed by atoms with E-state index in [2.05, 4.69) is 15.9 Å². The monoisotopic (exact) mass is 402 g/mol. The lowest BCUT2D eigenvalue weighted by atomic mass is 9.80. The molecule has 0 heterocycles. The molecule has 1 aliphatic rings. The highest BCUT2D eigenvalue weighted by Crippen LogP contribution is 2.41. The fraction of sp³-hybridized carbons (Fsp3) is 0.211. The van der Waals surface area contributed by atoms with Crippen LogP contribution in [0.2, 0.25) is 0 Å². The van der Waals surface area contributed by atoms with Crippen LogP contribution in [0.1, 0.15) is 51.8 Å². The summed E-state index contributed by atoms with van der Waals surface area (Å²) in [7, 11) is 0. The fourth-order valence-corrected chi connectivity index (χ4v) is 3.38. The lowest BCUT2D eigenvalue weighted by molar-refractivity contribution is 0.0526. The van der Waals surface area contributed by atoms with Crippen LogP contribution in [-0.4, -0.2) is 29.2 Å². The summed E-state index contributed by atoms with van der Waals surface area (Å²) in [6.45, 7) is 4.86. The van der Waals surface area contributed by atoms with E-state index in [0.717, 1.165) is 0 Å². The van der Waals surface area contributed by atoms with Gasteiger partial charge in [-0.25, -0.2) is 4.79 Å². The Morgan fingerprint density at radius 3 is 2.28 bits per heavy atom. The Kier molecular flexibility index (Phi) is 4.24. The molecule has 0 aromatic heterocycles. The van der Waals surface area contributed by atoms with Gasteiger partial charge in [-0.15, -0.1) is 0 Å². The zero-order chi connectivity index (χ0) is 18.5. The van der Waals surface area contributed by atoms with Crippen LogP contribution in [0.3, 0.4) is 0 Å². The predicted molar refractivity (Wildman–Crippen MR) is 96.3 cm³/mol. The summed E-state index contributed by atoms with van der Waals surface area (Å²) in [5.41, 5.74) is 0.313. The average Bonchev–Trinajstić information content (AvgIpc) is 2.57. The molecule has 128 valence electrons. The first kappa shape index (κ1) is 17.4. The van der Waals surface area contributed by atoms with Crippen molar-refractivity contribution in [3.05, 3.63) is 50.5 Å². The second-order valence-corrected chi connectivity index (χ2v) is 6.71. The summed E-state index contributed by atoms with van der Waals surface area (Å²) in [6.07, 6.45) is 0. The van der Waals surface area contributed by atoms with Crippen molar-refractivity contribution >= 4 is 44.2 Å². The molecule has 0 radical (unpaired) electrons. The van der Waals surface area contributed by atoms with Crippen molar-refractivity contribution < 1.29 is 24.2 Å². The fourth-order valence-electron chi connectivity index (χ4n) is 3.02. The van der Waals surface area contributed by atoms with E-state index in [1.165, 1.54) is 13.8 Å². The molecule has 0 unspecified atom stereocenters. The van der Waals surface area contributed by atoms with Crippen LogP contribution in [0, 0.1) is 0 Å². The molecular formula is C19H15BrO5. The molecule has 0 saturated carbocycles. The van der Waals surface area contributed by atoms with Gasteiger partial charge in [0, 0.05) is 26.4 Å². The van der Waals surface area contributed by atoms with Gasteiger partial charge in [0.2, 0.25) is 0 Å². The summed E-state index contributed by atoms with van der Waals surface area (Å²) in [4.78, 5) is 38.1. The third-order valence-electron chi connectivity index (χ3n) is 4.42. The van der Waals surface area contributed by atoms with Crippen LogP contribution in [0.4, 0.5) is 0 Å². The zero-order valence-electron chi connectivity index (χ0n) is 13.9. The minimum absolute atomic E-state index is 0.0103. The zero-order valence-corrected chi connectivity index (χ0v) is 15.5. The van der Waals surface area contributed by atoms with Gasteiger partial charge in [0.15, 0.2) is 11.6 Å². The van der Waals surface area contributed by atoms with Crippen molar-refractivity contribution in [1.29, 1.82) is 0 Å². The number of hydrogen-bond donors (Lipinski definition) is 1. The molecule has 3 rings (SSSR count). The molecule has 0 amide bonds. The van der Waals surface area contributed by atoms with E-state index < -0.39 is 17.5 Å². The highest BCUT2D eigenvalue weighted by Gasteiger charge is 2.36. The number of ketones is 2. The van der Waals surface area contributed by atoms with Gasteiger partial charge >= 0.3 is 5.97 Å². The number of phenolic OH excluding ortho intramolecular Hbond substituents is 1. The Labute approximate surface area is 152 Å². The van der Waals surface area contributed by atoms with E-state index in [4.69, 9.17) is 4.74 Å². The maximum Gasteiger partial charge on any atom is 0.339 e. The van der Waals surface area contributed by atoms with Crippen molar-refractivity contribution in [3.63, 3.8) is 0 Å². The topological polar surface area (TPSA) is 80.7 Å². The first-order chi connectivity index (χ1) is 11.8. The second-order valence-electron chi connectivity index (χ2n) is 5.79. The number of hydrogen-bond acceptors (Lipinski definition) is 5. The van der Waals surface area contributed by atoms with Crippen molar-refractivity contribution in [1.82, 2.24) is 0 Å². The Balaban J connectivity index is 2.54. The smallest absolute Gasteiger partial charge is 0.339 e. The van der Waals surface area contributed by atoms with E-state index >= 15 is 0 Å². The van der Waals surface area contributed by atoms with Crippen LogP contribution in [0.15, 0.2) is 33.8 Å². The summed E-state index contributed by atoms with van der Waals surface area (Å²) >= 11 is 3.33. The van der Waals surface area contributed by atoms with Crippen molar-refractivity contribution in [2.24, 2.45) is 0 Å². The number of phenols is 1. The molecule has 0 fully saturated rings. The van der Waals surface area contributed by atoms with Crippen molar-refractivity contribution in [2.75, 3.05) is 6.61 Å². The molecule has 0 atom stereocenters. The number of Topliss-reactive ketones (excluding diaryl/α,β-unsaturated/α-hetero) is 2. The molecule has 25 heavy (non-hydrogen) atoms. The van der Waals surface area contributed by atoms with Crippen molar-refractivity contribution in [2.45, 2.75) is 20.8 Å². The Bertz CT molecular complexity index is 1000. The minimum atomic E-state index is -0.699. The molecule has 1 N–H and O–H groups in total. The van der Waals surface area contributed by atoms with Gasteiger partial charge < -0.3 is 9.84 Å². The number of rotatable bonds is 2. The van der Waals surface area contributed by atoms with E-state index in [1.54, 1.807) is 25.1 Å². The molecule has 2 aromatic rings. The molecular weight excluding hydrogens is 388 g/mol. The van der Waals surface area contributed by atoms with Crippen LogP contribution >= 0.6 is 15.9 Å². The average molecular weight is 403 g/mol. The lowest BCUT2D eigenvalue weighted by Crippen LogP contribution is -2.24. The second kappa shape index (κ2) is 6.11. The van der Waals surface area contributed by atoms with E-state index in [-0.39, 0.29) is 40.2 Å². The van der Waals surface area contributed by atoms with Gasteiger partial charge in [0.1, 0.15) is 5.75 Å². The quantitative estimate of drug-likeness (QED) is 0.761. The van der Waals surface area contributed by atoms with Gasteiger partial charge in [0.05, 0.1) is 23.3 Å². The van der Waals surface area contributed by atoms with Gasteiger partial charge in [-0.1, -0.05) is 15.9 Å². The third kappa shape index (κ3) is 2.48. The van der Waals surface area contributed by atoms with E-state index in [1.807, 2.05) is 0 Å². The minimum Gasteiger partial charge on any atom is -0.507 e. The summed E-state index contributed by atoms with van der Waals surface area (Å²) < 4.78 is 5.78. The molecule has 5 nitrogen and oxygen atoms in total. The summed E-state index contributed by atoms with van der Waals surface area (Å²) in [6, 6.07) is 4.91. The van der Waals surface area contributed by atoms with Crippen LogP contribution in [-0.2, 0) is 4.74 Å². The van der Waals surface area contributed by atoms with Crippen LogP contribution in [0.5, 0.6) is 5.75 Å². The van der Waals surface area contributed by atoms with Crippen LogP contribution in [0.25, 0.3) is 10.8 Å². The number of ether oxygens (including phenoxy) is 1. The first-order valence-corrected chi connectivity index (χ1v) is 8.51. The van der Waals surface area contributed by atoms with Gasteiger partial charge in [-0.3, -0.25) is 9.59 Å². The van der Waals surface area contributed by atoms with Crippen LogP contribution < -0.4 is 0 Å². The highest BCUT2D eigenvalue weighted by molar-refractivity contribution is 9.10. The Hall–Kier alpha value is -2.47. The number of carbonyl (C=O) groups is 3. The first-order valence-electron chi connectivity index (χ1n) is 7.71. The number of allylic oxidation sites excluding steroid dienone is 2. The normalized spacial score (nSPS) is 14.1. The number of benzene rings is 2. The maximum absolute atomic E-state index is 12.8. The number of esters is 1. The van der Waals surface area contributed by atoms with Crippen molar-refractivity contribution in [3.8, 4) is 5.75 Å². The van der Waals surface area contributed by atoms with Gasteiger partial charge in [0.25, 0.3) is 0 Å². The number of fused-ring (bicyclic) bond motifs is 2. The molecule has 0 saturated heterocycles. The largest absolute Gasteiger partial charge is 0.507 e. The number of aromatic hydroxyl groups is 1. The molecule has 6 heteroatoms. The molecule has 0 aliphatic heterocycles. The number of carbonyl (C=O) groups excluding carboxylic acids is 3. The molecule has 2 aromatic carbocycles. The molecule has 0 bridgehead atoms. The maximum atomic E-state index is 12.8. The Morgan fingerprint density at radius 1 is 1.08 bits per heavy atom. The highest BCUT2D eigenvalue weighted by atomic mass is 79.9. The Morgan fingerprint density at radius 2 is 1.68 bits per heavy atom. The summed E-state index contributed by atoms with van der Waals surface area (Å²) in [5, 5.41) is 11.3. The number of halogens is 1.